The first-order valence-corrected chi connectivity index (χ1v) is 24.9. The molecule has 3 aromatic heterocycles. The van der Waals surface area contributed by atoms with Crippen LogP contribution in [0.25, 0.3) is 82.8 Å². The Kier molecular flexibility index (Phi) is 9.34. The topological polar surface area (TPSA) is 43.9 Å². The van der Waals surface area contributed by atoms with Gasteiger partial charge in [0.2, 0.25) is 0 Å². The van der Waals surface area contributed by atoms with Gasteiger partial charge in [-0.15, -0.1) is 18.2 Å². The Morgan fingerprint density at radius 1 is 0.585 bits per heavy atom. The van der Waals surface area contributed by atoms with Crippen molar-refractivity contribution in [2.24, 2.45) is 0 Å². The van der Waals surface area contributed by atoms with Crippen molar-refractivity contribution in [3.8, 4) is 28.3 Å². The third-order valence-electron chi connectivity index (χ3n) is 9.74. The first kappa shape index (κ1) is 34.7. The van der Waals surface area contributed by atoms with Crippen LogP contribution < -0.4 is 4.40 Å². The number of pyridine rings is 1. The summed E-state index contributed by atoms with van der Waals surface area (Å²) >= 11 is -1.82. The molecular formula is C47H35GeIrN3O-2. The second kappa shape index (κ2) is 14.2. The second-order valence-electron chi connectivity index (χ2n) is 14.1. The summed E-state index contributed by atoms with van der Waals surface area (Å²) in [5, 5.41) is 7.22. The molecule has 7 aromatic carbocycles. The fourth-order valence-corrected chi connectivity index (χ4v) is 9.24. The number of furan rings is 1. The Bertz CT molecular complexity index is 2890. The SMILES string of the molecule is [CH3][Ge]([CH3])([CH3])[c]1ccc(-c2[c-]ccc3c2ccc2ccccc23)nc1.[Ir].[c-]1ccc2c(oc3ccccc32)c1-c1nc2ccccc2n1-c1ccccc1. The number of hydrogen-bond donors (Lipinski definition) is 0. The van der Waals surface area contributed by atoms with Gasteiger partial charge in [0.1, 0.15) is 5.58 Å². The Morgan fingerprint density at radius 3 is 2.08 bits per heavy atom. The molecule has 0 saturated heterocycles. The van der Waals surface area contributed by atoms with Crippen molar-refractivity contribution in [3.05, 3.63) is 170 Å². The number of imidazole rings is 1. The van der Waals surface area contributed by atoms with E-state index >= 15 is 0 Å². The minimum Gasteiger partial charge on any atom is -0.501 e. The molecule has 10 aromatic rings. The van der Waals surface area contributed by atoms with Crippen molar-refractivity contribution in [1.82, 2.24) is 14.5 Å². The molecule has 6 heteroatoms. The zero-order valence-electron chi connectivity index (χ0n) is 29.6. The monoisotopic (exact) mass is 924 g/mol. The molecule has 0 aliphatic heterocycles. The Labute approximate surface area is 324 Å². The molecule has 0 bridgehead atoms. The van der Waals surface area contributed by atoms with Crippen LogP contribution in [0.15, 0.2) is 162 Å². The molecular weight excluding hydrogens is 887 g/mol. The van der Waals surface area contributed by atoms with E-state index in [1.165, 1.54) is 25.9 Å². The molecule has 0 aliphatic rings. The summed E-state index contributed by atoms with van der Waals surface area (Å²) in [5.41, 5.74) is 7.73. The van der Waals surface area contributed by atoms with Crippen LogP contribution in [0.1, 0.15) is 0 Å². The third-order valence-corrected chi connectivity index (χ3v) is 14.0. The zero-order chi connectivity index (χ0) is 35.2. The predicted molar refractivity (Wildman–Crippen MR) is 219 cm³/mol. The van der Waals surface area contributed by atoms with Gasteiger partial charge in [0.25, 0.3) is 0 Å². The van der Waals surface area contributed by atoms with Crippen LogP contribution >= 0.6 is 0 Å². The van der Waals surface area contributed by atoms with Gasteiger partial charge in [0, 0.05) is 31.2 Å². The molecule has 0 amide bonds. The van der Waals surface area contributed by atoms with Gasteiger partial charge in [0.05, 0.1) is 22.4 Å². The number of aromatic nitrogens is 3. The average molecular weight is 923 g/mol. The van der Waals surface area contributed by atoms with Gasteiger partial charge in [-0.3, -0.25) is 4.98 Å². The Morgan fingerprint density at radius 2 is 1.28 bits per heavy atom. The summed E-state index contributed by atoms with van der Waals surface area (Å²) < 4.78 is 9.85. The van der Waals surface area contributed by atoms with Gasteiger partial charge < -0.3 is 8.98 Å². The number of nitrogens with zero attached hydrogens (tertiary/aromatic N) is 3. The molecule has 0 saturated carbocycles. The van der Waals surface area contributed by atoms with Crippen molar-refractivity contribution in [3.63, 3.8) is 0 Å². The van der Waals surface area contributed by atoms with Gasteiger partial charge in [-0.2, -0.15) is 0 Å². The van der Waals surface area contributed by atoms with E-state index in [2.05, 4.69) is 125 Å². The first-order chi connectivity index (χ1) is 25.4. The molecule has 1 radical (unpaired) electrons. The van der Waals surface area contributed by atoms with Crippen LogP contribution in [-0.2, 0) is 20.1 Å². The van der Waals surface area contributed by atoms with E-state index in [1.54, 1.807) is 0 Å². The van der Waals surface area contributed by atoms with Crippen LogP contribution in [-0.4, -0.2) is 27.8 Å². The number of fused-ring (bicyclic) bond motifs is 7. The maximum Gasteiger partial charge on any atom is 0.120 e. The van der Waals surface area contributed by atoms with Gasteiger partial charge in [-0.1, -0.05) is 59.5 Å². The molecule has 3 heterocycles. The summed E-state index contributed by atoms with van der Waals surface area (Å²) in [6.45, 7) is 0. The second-order valence-corrected chi connectivity index (χ2v) is 24.7. The van der Waals surface area contributed by atoms with E-state index < -0.39 is 13.3 Å². The molecule has 0 N–H and O–H groups in total. The Balaban J connectivity index is 0.000000150. The van der Waals surface area contributed by atoms with E-state index in [9.17, 15) is 0 Å². The van der Waals surface area contributed by atoms with Crippen molar-refractivity contribution in [2.45, 2.75) is 17.3 Å². The van der Waals surface area contributed by atoms with E-state index in [4.69, 9.17) is 14.4 Å². The number of para-hydroxylation sites is 4. The summed E-state index contributed by atoms with van der Waals surface area (Å²) in [6, 6.07) is 58.9. The maximum absolute atomic E-state index is 6.24. The molecule has 0 spiro atoms. The summed E-state index contributed by atoms with van der Waals surface area (Å²) in [7, 11) is 0. The van der Waals surface area contributed by atoms with Crippen LogP contribution in [0.4, 0.5) is 0 Å². The van der Waals surface area contributed by atoms with E-state index in [1.807, 2.05) is 66.7 Å². The van der Waals surface area contributed by atoms with E-state index in [0.29, 0.717) is 0 Å². The first-order valence-electron chi connectivity index (χ1n) is 17.6. The molecule has 10 rings (SSSR count). The number of hydrogen-bond acceptors (Lipinski definition) is 3. The number of rotatable bonds is 4. The average Bonchev–Trinajstić information content (AvgIpc) is 3.77. The molecule has 4 nitrogen and oxygen atoms in total. The van der Waals surface area contributed by atoms with Gasteiger partial charge in [-0.25, -0.2) is 0 Å². The van der Waals surface area contributed by atoms with Crippen molar-refractivity contribution in [2.75, 3.05) is 0 Å². The molecule has 0 aliphatic carbocycles. The Hall–Kier alpha value is -5.33. The van der Waals surface area contributed by atoms with Crippen LogP contribution in [0.5, 0.6) is 0 Å². The van der Waals surface area contributed by atoms with E-state index in [-0.39, 0.29) is 20.1 Å². The molecule has 0 atom stereocenters. The smallest absolute Gasteiger partial charge is 0.120 e. The van der Waals surface area contributed by atoms with Gasteiger partial charge >= 0.3 is 146 Å². The quantitative estimate of drug-likeness (QED) is 0.100. The predicted octanol–water partition coefficient (Wildman–Crippen LogP) is 11.8. The maximum atomic E-state index is 6.24. The molecule has 0 unspecified atom stereocenters. The van der Waals surface area contributed by atoms with Gasteiger partial charge in [0.15, 0.2) is 0 Å². The minimum absolute atomic E-state index is 0. The summed E-state index contributed by atoms with van der Waals surface area (Å²) in [6.07, 6.45) is 2.07. The van der Waals surface area contributed by atoms with Crippen molar-refractivity contribution < 1.29 is 24.5 Å². The summed E-state index contributed by atoms with van der Waals surface area (Å²) in [5.74, 6) is 8.02. The summed E-state index contributed by atoms with van der Waals surface area (Å²) in [4.78, 5) is 9.71. The largest absolute Gasteiger partial charge is 0.501 e. The van der Waals surface area contributed by atoms with E-state index in [0.717, 1.165) is 61.3 Å². The number of benzene rings is 7. The molecule has 259 valence electrons. The standard InChI is InChI=1S/C25H15N2O.C22H20GeN.Ir/c1-2-9-17(10-3-1)27-22-15-6-5-14-21(22)26-25(27)20-13-8-12-19-18-11-4-7-16-23(18)28-24(19)20;1-23(2,3)17-12-14-22(24-15-17)21-10-6-9-19-18-8-5-4-7-16(18)11-13-20(19)21;/h1-12,14-16H;4-9,11-15H,1-3H3;/q2*-1;. The fraction of sp³-hybridized carbons (Fsp3) is 0.0638. The van der Waals surface area contributed by atoms with Crippen LogP contribution in [0.2, 0.25) is 17.3 Å². The minimum atomic E-state index is -1.82. The van der Waals surface area contributed by atoms with Gasteiger partial charge in [-0.05, 0) is 30.3 Å². The third kappa shape index (κ3) is 6.40. The fourth-order valence-electron chi connectivity index (χ4n) is 7.07. The van der Waals surface area contributed by atoms with Crippen molar-refractivity contribution >= 4 is 72.2 Å². The van der Waals surface area contributed by atoms with Crippen LogP contribution in [0, 0.1) is 12.1 Å². The molecule has 53 heavy (non-hydrogen) atoms. The zero-order valence-corrected chi connectivity index (χ0v) is 34.1. The molecule has 0 fully saturated rings. The normalized spacial score (nSPS) is 11.5. The van der Waals surface area contributed by atoms with Crippen molar-refractivity contribution in [1.29, 1.82) is 0 Å². The van der Waals surface area contributed by atoms with Crippen LogP contribution in [0.3, 0.4) is 0 Å².